The van der Waals surface area contributed by atoms with Crippen LogP contribution in [-0.2, 0) is 13.1 Å². The molecule has 1 heterocycles. The van der Waals surface area contributed by atoms with Crippen LogP contribution in [0.4, 0.5) is 0 Å². The van der Waals surface area contributed by atoms with Crippen LogP contribution in [0.2, 0.25) is 0 Å². The maximum Gasteiger partial charge on any atom is 0.122 e. The zero-order valence-corrected chi connectivity index (χ0v) is 13.6. The number of nitrogens with one attached hydrogen (secondary N) is 1. The summed E-state index contributed by atoms with van der Waals surface area (Å²) in [6, 6.07) is 2.67. The van der Waals surface area contributed by atoms with Crippen molar-refractivity contribution in [3.8, 4) is 0 Å². The summed E-state index contributed by atoms with van der Waals surface area (Å²) in [5.41, 5.74) is 1.29. The van der Waals surface area contributed by atoms with Crippen LogP contribution in [0.15, 0.2) is 16.7 Å². The third-order valence-corrected chi connectivity index (χ3v) is 4.11. The smallest absolute Gasteiger partial charge is 0.122 e. The molecule has 4 heteroatoms. The van der Waals surface area contributed by atoms with Gasteiger partial charge < -0.3 is 9.73 Å². The van der Waals surface area contributed by atoms with Crippen LogP contribution in [0.1, 0.15) is 38.0 Å². The molecule has 1 aromatic heterocycles. The third-order valence-electron chi connectivity index (χ3n) is 3.47. The molecule has 1 N–H and O–H groups in total. The van der Waals surface area contributed by atoms with Crippen LogP contribution in [0.25, 0.3) is 0 Å². The minimum absolute atomic E-state index is 0.592. The Balaban J connectivity index is 2.44. The first-order valence-electron chi connectivity index (χ1n) is 7.14. The molecule has 0 aliphatic carbocycles. The quantitative estimate of drug-likeness (QED) is 0.667. The van der Waals surface area contributed by atoms with Gasteiger partial charge in [-0.2, -0.15) is 11.8 Å². The molecule has 19 heavy (non-hydrogen) atoms. The lowest BCUT2D eigenvalue weighted by molar-refractivity contribution is 0.225. The second kappa shape index (κ2) is 9.45. The zero-order valence-electron chi connectivity index (χ0n) is 12.7. The summed E-state index contributed by atoms with van der Waals surface area (Å²) >= 11 is 1.91. The van der Waals surface area contributed by atoms with Crippen molar-refractivity contribution in [1.29, 1.82) is 0 Å². The number of nitrogens with zero attached hydrogens (tertiary/aromatic N) is 1. The van der Waals surface area contributed by atoms with Crippen LogP contribution in [0.5, 0.6) is 0 Å². The summed E-state index contributed by atoms with van der Waals surface area (Å²) in [5.74, 6) is 2.32. The normalized spacial score (nSPS) is 13.1. The maximum atomic E-state index is 5.63. The van der Waals surface area contributed by atoms with E-state index in [4.69, 9.17) is 4.42 Å². The molecular weight excluding hydrogens is 256 g/mol. The Morgan fingerprint density at radius 2 is 2.26 bits per heavy atom. The maximum absolute atomic E-state index is 5.63. The Hall–Kier alpha value is -0.450. The highest BCUT2D eigenvalue weighted by Crippen LogP contribution is 2.15. The van der Waals surface area contributed by atoms with E-state index < -0.39 is 0 Å². The van der Waals surface area contributed by atoms with E-state index in [1.54, 1.807) is 6.26 Å². The molecule has 1 atom stereocenters. The van der Waals surface area contributed by atoms with Crippen molar-refractivity contribution in [2.24, 2.45) is 0 Å². The fraction of sp³-hybridized carbons (Fsp3) is 0.733. The van der Waals surface area contributed by atoms with E-state index in [0.717, 1.165) is 25.4 Å². The van der Waals surface area contributed by atoms with Crippen LogP contribution in [0, 0.1) is 0 Å². The summed E-state index contributed by atoms with van der Waals surface area (Å²) in [6.45, 7) is 7.33. The first-order valence-corrected chi connectivity index (χ1v) is 8.53. The van der Waals surface area contributed by atoms with Gasteiger partial charge in [0.25, 0.3) is 0 Å². The first-order chi connectivity index (χ1) is 9.19. The van der Waals surface area contributed by atoms with Crippen molar-refractivity contribution < 1.29 is 4.42 Å². The molecule has 0 aromatic carbocycles. The van der Waals surface area contributed by atoms with E-state index in [1.807, 2.05) is 11.8 Å². The van der Waals surface area contributed by atoms with E-state index in [0.29, 0.717) is 6.04 Å². The highest BCUT2D eigenvalue weighted by Gasteiger charge is 2.13. The van der Waals surface area contributed by atoms with E-state index in [1.165, 1.54) is 24.2 Å². The van der Waals surface area contributed by atoms with Gasteiger partial charge in [0, 0.05) is 18.2 Å². The van der Waals surface area contributed by atoms with Crippen molar-refractivity contribution in [1.82, 2.24) is 10.2 Å². The standard InChI is InChI=1S/C15H28N2OS/c1-5-8-16-11-14-6-9-18-15(14)12-17(3)13(2)7-10-19-4/h6,9,13,16H,5,7-8,10-12H2,1-4H3. The third kappa shape index (κ3) is 6.02. The number of furan rings is 1. The van der Waals surface area contributed by atoms with E-state index in [-0.39, 0.29) is 0 Å². The number of thioether (sulfide) groups is 1. The molecule has 0 bridgehead atoms. The fourth-order valence-corrected chi connectivity index (χ4v) is 2.53. The van der Waals surface area contributed by atoms with Gasteiger partial charge in [-0.3, -0.25) is 4.90 Å². The topological polar surface area (TPSA) is 28.4 Å². The number of hydrogen-bond donors (Lipinski definition) is 1. The molecule has 3 nitrogen and oxygen atoms in total. The average molecular weight is 284 g/mol. The van der Waals surface area contributed by atoms with Crippen LogP contribution >= 0.6 is 11.8 Å². The van der Waals surface area contributed by atoms with Crippen molar-refractivity contribution in [2.45, 2.75) is 45.8 Å². The van der Waals surface area contributed by atoms with Gasteiger partial charge in [-0.05, 0) is 51.4 Å². The fourth-order valence-electron chi connectivity index (χ4n) is 1.95. The summed E-state index contributed by atoms with van der Waals surface area (Å²) < 4.78 is 5.63. The van der Waals surface area contributed by atoms with Crippen molar-refractivity contribution in [3.63, 3.8) is 0 Å². The predicted octanol–water partition coefficient (Wildman–Crippen LogP) is 3.35. The average Bonchev–Trinajstić information content (AvgIpc) is 2.83. The lowest BCUT2D eigenvalue weighted by Gasteiger charge is -2.24. The molecule has 110 valence electrons. The lowest BCUT2D eigenvalue weighted by Crippen LogP contribution is -2.29. The Kier molecular flexibility index (Phi) is 8.26. The van der Waals surface area contributed by atoms with Crippen molar-refractivity contribution in [3.05, 3.63) is 23.7 Å². The molecule has 0 saturated carbocycles. The van der Waals surface area contributed by atoms with Crippen molar-refractivity contribution >= 4 is 11.8 Å². The molecule has 0 aliphatic heterocycles. The van der Waals surface area contributed by atoms with Crippen LogP contribution in [-0.4, -0.2) is 36.5 Å². The number of rotatable bonds is 10. The summed E-state index contributed by atoms with van der Waals surface area (Å²) in [7, 11) is 2.18. The van der Waals surface area contributed by atoms with Gasteiger partial charge in [-0.15, -0.1) is 0 Å². The van der Waals surface area contributed by atoms with Gasteiger partial charge in [-0.1, -0.05) is 6.92 Å². The van der Waals surface area contributed by atoms with Gasteiger partial charge in [0.1, 0.15) is 5.76 Å². The van der Waals surface area contributed by atoms with Gasteiger partial charge >= 0.3 is 0 Å². The lowest BCUT2D eigenvalue weighted by atomic mass is 10.2. The van der Waals surface area contributed by atoms with Gasteiger partial charge in [0.2, 0.25) is 0 Å². The summed E-state index contributed by atoms with van der Waals surface area (Å²) in [5, 5.41) is 3.43. The molecule has 0 aliphatic rings. The second-order valence-electron chi connectivity index (χ2n) is 5.09. The van der Waals surface area contributed by atoms with Gasteiger partial charge in [0.05, 0.1) is 12.8 Å². The highest BCUT2D eigenvalue weighted by atomic mass is 32.2. The van der Waals surface area contributed by atoms with Crippen molar-refractivity contribution in [2.75, 3.05) is 25.6 Å². The zero-order chi connectivity index (χ0) is 14.1. The molecule has 1 rings (SSSR count). The van der Waals surface area contributed by atoms with Gasteiger partial charge in [0.15, 0.2) is 0 Å². The van der Waals surface area contributed by atoms with Crippen LogP contribution in [0.3, 0.4) is 0 Å². The molecular formula is C15H28N2OS. The summed E-state index contributed by atoms with van der Waals surface area (Å²) in [6.07, 6.45) is 6.36. The van der Waals surface area contributed by atoms with E-state index >= 15 is 0 Å². The minimum Gasteiger partial charge on any atom is -0.468 e. The predicted molar refractivity (Wildman–Crippen MR) is 84.6 cm³/mol. The Labute approximate surface area is 122 Å². The second-order valence-corrected chi connectivity index (χ2v) is 6.08. The molecule has 0 spiro atoms. The SMILES string of the molecule is CCCNCc1ccoc1CN(C)C(C)CCSC. The molecule has 0 radical (unpaired) electrons. The first kappa shape index (κ1) is 16.6. The molecule has 0 amide bonds. The minimum atomic E-state index is 0.592. The van der Waals surface area contributed by atoms with E-state index in [2.05, 4.69) is 43.4 Å². The Morgan fingerprint density at radius 3 is 2.95 bits per heavy atom. The highest BCUT2D eigenvalue weighted by molar-refractivity contribution is 7.98. The Bertz CT molecular complexity index is 341. The molecule has 1 unspecified atom stereocenters. The molecule has 1 aromatic rings. The largest absolute Gasteiger partial charge is 0.468 e. The molecule has 0 saturated heterocycles. The number of hydrogen-bond acceptors (Lipinski definition) is 4. The Morgan fingerprint density at radius 1 is 1.47 bits per heavy atom. The van der Waals surface area contributed by atoms with Crippen LogP contribution < -0.4 is 5.32 Å². The van der Waals surface area contributed by atoms with E-state index in [9.17, 15) is 0 Å². The summed E-state index contributed by atoms with van der Waals surface area (Å²) in [4.78, 5) is 2.37. The van der Waals surface area contributed by atoms with Gasteiger partial charge in [-0.25, -0.2) is 0 Å². The monoisotopic (exact) mass is 284 g/mol. The molecule has 0 fully saturated rings.